The van der Waals surface area contributed by atoms with E-state index in [1.165, 1.54) is 12.0 Å². The van der Waals surface area contributed by atoms with E-state index in [0.29, 0.717) is 13.0 Å². The molecule has 0 saturated heterocycles. The molecule has 2 aromatic carbocycles. The number of amides is 2. The predicted molar refractivity (Wildman–Crippen MR) is 128 cm³/mol. The van der Waals surface area contributed by atoms with Crippen LogP contribution in [0.4, 0.5) is 4.79 Å². The number of aliphatic carboxylic acids is 1. The van der Waals surface area contributed by atoms with Crippen molar-refractivity contribution in [3.05, 3.63) is 59.7 Å². The van der Waals surface area contributed by atoms with Gasteiger partial charge in [-0.1, -0.05) is 55.5 Å². The quantitative estimate of drug-likeness (QED) is 0.522. The molecule has 0 aliphatic heterocycles. The lowest BCUT2D eigenvalue weighted by atomic mass is 9.98. The van der Waals surface area contributed by atoms with Crippen LogP contribution >= 0.6 is 0 Å². The first-order valence-electron chi connectivity index (χ1n) is 11.5. The normalized spacial score (nSPS) is 14.0. The molecule has 3 rings (SSSR count). The summed E-state index contributed by atoms with van der Waals surface area (Å²) in [5.74, 6) is -1.49. The number of rotatable bonds is 11. The zero-order chi connectivity index (χ0) is 24.7. The highest BCUT2D eigenvalue weighted by molar-refractivity contribution is 5.87. The van der Waals surface area contributed by atoms with E-state index in [1.807, 2.05) is 43.3 Å². The highest BCUT2D eigenvalue weighted by atomic mass is 16.5. The van der Waals surface area contributed by atoms with Gasteiger partial charge in [0, 0.05) is 26.1 Å². The van der Waals surface area contributed by atoms with Gasteiger partial charge < -0.3 is 24.8 Å². The molecule has 34 heavy (non-hydrogen) atoms. The van der Waals surface area contributed by atoms with Gasteiger partial charge in [0.1, 0.15) is 12.6 Å². The Morgan fingerprint density at radius 2 is 1.62 bits per heavy atom. The van der Waals surface area contributed by atoms with E-state index in [0.717, 1.165) is 22.3 Å². The van der Waals surface area contributed by atoms with Gasteiger partial charge in [0.15, 0.2) is 0 Å². The number of carboxylic acid groups (broad SMARTS) is 1. The summed E-state index contributed by atoms with van der Waals surface area (Å²) in [4.78, 5) is 38.3. The molecule has 1 aliphatic carbocycles. The van der Waals surface area contributed by atoms with Gasteiger partial charge in [0.05, 0.1) is 12.5 Å². The van der Waals surface area contributed by atoms with Gasteiger partial charge in [-0.25, -0.2) is 4.79 Å². The molecule has 2 atom stereocenters. The third-order valence-corrected chi connectivity index (χ3v) is 6.13. The molecule has 0 aromatic heterocycles. The smallest absolute Gasteiger partial charge is 0.407 e. The predicted octanol–water partition coefficient (Wildman–Crippen LogP) is 3.64. The zero-order valence-electron chi connectivity index (χ0n) is 19.8. The molecule has 2 N–H and O–H groups in total. The van der Waals surface area contributed by atoms with E-state index in [2.05, 4.69) is 17.4 Å². The first-order valence-corrected chi connectivity index (χ1v) is 11.5. The average Bonchev–Trinajstić information content (AvgIpc) is 3.16. The minimum atomic E-state index is -0.999. The van der Waals surface area contributed by atoms with E-state index in [4.69, 9.17) is 14.6 Å². The molecule has 0 fully saturated rings. The number of benzene rings is 2. The second-order valence-electron chi connectivity index (χ2n) is 8.36. The maximum atomic E-state index is 13.2. The maximum absolute atomic E-state index is 13.2. The minimum absolute atomic E-state index is 0.0569. The van der Waals surface area contributed by atoms with Crippen molar-refractivity contribution in [1.82, 2.24) is 10.2 Å². The number of hydrogen-bond acceptors (Lipinski definition) is 5. The van der Waals surface area contributed by atoms with E-state index in [9.17, 15) is 14.4 Å². The van der Waals surface area contributed by atoms with Crippen LogP contribution in [0.3, 0.4) is 0 Å². The molecular formula is C26H32N2O6. The van der Waals surface area contributed by atoms with Crippen LogP contribution in [0.1, 0.15) is 43.7 Å². The lowest BCUT2D eigenvalue weighted by molar-refractivity contribution is -0.140. The van der Waals surface area contributed by atoms with Crippen molar-refractivity contribution in [2.45, 2.75) is 44.8 Å². The number of carboxylic acids is 1. The second-order valence-corrected chi connectivity index (χ2v) is 8.36. The molecule has 2 amide bonds. The van der Waals surface area contributed by atoms with Crippen LogP contribution in [0.5, 0.6) is 0 Å². The number of carbonyl (C=O) groups excluding carboxylic acids is 2. The van der Waals surface area contributed by atoms with Gasteiger partial charge in [-0.05, 0) is 35.6 Å². The Bertz CT molecular complexity index is 978. The van der Waals surface area contributed by atoms with Gasteiger partial charge in [0.2, 0.25) is 5.91 Å². The second kappa shape index (κ2) is 11.7. The summed E-state index contributed by atoms with van der Waals surface area (Å²) in [7, 11) is 1.45. The van der Waals surface area contributed by atoms with Gasteiger partial charge >= 0.3 is 12.1 Å². The largest absolute Gasteiger partial charge is 0.481 e. The van der Waals surface area contributed by atoms with Crippen LogP contribution in [0, 0.1) is 0 Å². The van der Waals surface area contributed by atoms with E-state index in [1.54, 1.807) is 6.92 Å². The van der Waals surface area contributed by atoms with Crippen molar-refractivity contribution >= 4 is 18.0 Å². The molecule has 2 unspecified atom stereocenters. The number of carbonyl (C=O) groups is 3. The number of fused-ring (bicyclic) bond motifs is 3. The van der Waals surface area contributed by atoms with Crippen LogP contribution in [0.2, 0.25) is 0 Å². The van der Waals surface area contributed by atoms with E-state index in [-0.39, 0.29) is 25.5 Å². The summed E-state index contributed by atoms with van der Waals surface area (Å²) >= 11 is 0. The lowest BCUT2D eigenvalue weighted by Crippen LogP contribution is -2.54. The van der Waals surface area contributed by atoms with Gasteiger partial charge in [-0.3, -0.25) is 9.59 Å². The summed E-state index contributed by atoms with van der Waals surface area (Å²) in [6.45, 7) is 4.13. The summed E-state index contributed by atoms with van der Waals surface area (Å²) in [5.41, 5.74) is 4.44. The Labute approximate surface area is 199 Å². The van der Waals surface area contributed by atoms with Gasteiger partial charge in [0.25, 0.3) is 0 Å². The molecule has 0 spiro atoms. The van der Waals surface area contributed by atoms with Crippen LogP contribution in [-0.2, 0) is 19.1 Å². The van der Waals surface area contributed by atoms with Crippen LogP contribution in [0.15, 0.2) is 48.5 Å². The Balaban J connectivity index is 1.70. The Morgan fingerprint density at radius 3 is 2.15 bits per heavy atom. The first-order chi connectivity index (χ1) is 16.4. The fourth-order valence-corrected chi connectivity index (χ4v) is 4.31. The summed E-state index contributed by atoms with van der Waals surface area (Å²) in [6.07, 6.45) is -0.870. The number of hydrogen-bond donors (Lipinski definition) is 2. The molecule has 8 heteroatoms. The zero-order valence-corrected chi connectivity index (χ0v) is 19.8. The first kappa shape index (κ1) is 25.2. The van der Waals surface area contributed by atoms with Crippen molar-refractivity contribution in [2.24, 2.45) is 0 Å². The minimum Gasteiger partial charge on any atom is -0.481 e. The molecule has 0 saturated carbocycles. The van der Waals surface area contributed by atoms with E-state index >= 15 is 0 Å². The van der Waals surface area contributed by atoms with Gasteiger partial charge in [-0.2, -0.15) is 0 Å². The monoisotopic (exact) mass is 468 g/mol. The molecule has 0 bridgehead atoms. The molecule has 0 radical (unpaired) electrons. The SMILES string of the molecule is CCCN(CCC(=O)O)C(=O)C(NC(=O)OCC1c2ccccc2-c2ccccc21)C(C)OC. The number of ether oxygens (including phenoxy) is 2. The average molecular weight is 469 g/mol. The van der Waals surface area contributed by atoms with Crippen LogP contribution in [-0.4, -0.2) is 66.9 Å². The van der Waals surface area contributed by atoms with Crippen molar-refractivity contribution in [3.8, 4) is 11.1 Å². The van der Waals surface area contributed by atoms with E-state index < -0.39 is 30.1 Å². The fraction of sp³-hybridized carbons (Fsp3) is 0.423. The third-order valence-electron chi connectivity index (χ3n) is 6.13. The standard InChI is InChI=1S/C26H32N2O6/c1-4-14-28(15-13-23(29)30)25(31)24(17(2)33-3)27-26(32)34-16-22-20-11-7-5-9-18(20)19-10-6-8-12-21(19)22/h5-12,17,22,24H,4,13-16H2,1-3H3,(H,27,32)(H,29,30). The highest BCUT2D eigenvalue weighted by Gasteiger charge is 2.33. The Morgan fingerprint density at radius 1 is 1.03 bits per heavy atom. The van der Waals surface area contributed by atoms with Crippen LogP contribution < -0.4 is 5.32 Å². The molecular weight excluding hydrogens is 436 g/mol. The van der Waals surface area contributed by atoms with Crippen LogP contribution in [0.25, 0.3) is 11.1 Å². The summed E-state index contributed by atoms with van der Waals surface area (Å²) in [6, 6.07) is 15.1. The molecule has 2 aromatic rings. The third kappa shape index (κ3) is 5.75. The summed E-state index contributed by atoms with van der Waals surface area (Å²) < 4.78 is 10.9. The lowest BCUT2D eigenvalue weighted by Gasteiger charge is -2.30. The molecule has 182 valence electrons. The highest BCUT2D eigenvalue weighted by Crippen LogP contribution is 2.44. The summed E-state index contributed by atoms with van der Waals surface area (Å²) in [5, 5.41) is 11.7. The maximum Gasteiger partial charge on any atom is 0.407 e. The molecule has 1 aliphatic rings. The Hall–Kier alpha value is -3.39. The van der Waals surface area contributed by atoms with Crippen molar-refractivity contribution < 1.29 is 29.0 Å². The number of alkyl carbamates (subject to hydrolysis) is 1. The number of methoxy groups -OCH3 is 1. The van der Waals surface area contributed by atoms with Crippen molar-refractivity contribution in [2.75, 3.05) is 26.8 Å². The fourth-order valence-electron chi connectivity index (χ4n) is 4.31. The van der Waals surface area contributed by atoms with Crippen molar-refractivity contribution in [3.63, 3.8) is 0 Å². The number of nitrogens with zero attached hydrogens (tertiary/aromatic N) is 1. The Kier molecular flexibility index (Phi) is 8.65. The van der Waals surface area contributed by atoms with Gasteiger partial charge in [-0.15, -0.1) is 0 Å². The molecule has 8 nitrogen and oxygen atoms in total. The topological polar surface area (TPSA) is 105 Å². The van der Waals surface area contributed by atoms with Crippen molar-refractivity contribution in [1.29, 1.82) is 0 Å². The number of nitrogens with one attached hydrogen (secondary N) is 1. The molecule has 0 heterocycles.